The lowest BCUT2D eigenvalue weighted by Gasteiger charge is -2.38. The van der Waals surface area contributed by atoms with Gasteiger partial charge in [0, 0.05) is 49.0 Å². The molecule has 2 saturated heterocycles. The number of rotatable bonds is 7. The van der Waals surface area contributed by atoms with Gasteiger partial charge in [-0.2, -0.15) is 0 Å². The summed E-state index contributed by atoms with van der Waals surface area (Å²) in [6, 6.07) is 13.4. The molecule has 2 aromatic carbocycles. The van der Waals surface area contributed by atoms with Gasteiger partial charge in [-0.1, -0.05) is 0 Å². The molecule has 3 amide bonds. The van der Waals surface area contributed by atoms with Crippen molar-refractivity contribution < 1.29 is 28.6 Å². The molecule has 2 N–H and O–H groups in total. The smallest absolute Gasteiger partial charge is 0.414 e. The standard InChI is InChI=1S/C27H33N5O6/c1-4-37-26(34)31-15-13-30(14-16-31)18(2)23-17-32(27(35)38-23)21-9-5-19(6-10-21)24(28)29-25(33)20-7-11-22(36-3)12-8-20/h5-12,18,23H,4,13-17H2,1-3H3,(H2,28,29,33). The number of methoxy groups -OCH3 is 1. The molecule has 0 bridgehead atoms. The molecule has 11 nitrogen and oxygen atoms in total. The molecule has 2 unspecified atom stereocenters. The highest BCUT2D eigenvalue weighted by atomic mass is 16.6. The Balaban J connectivity index is 1.31. The molecule has 2 fully saturated rings. The third-order valence-corrected chi connectivity index (χ3v) is 6.85. The number of carbonyl (C=O) groups excluding carboxylic acids is 3. The topological polar surface area (TPSA) is 125 Å². The average molecular weight is 524 g/mol. The quantitative estimate of drug-likeness (QED) is 0.422. The molecule has 38 heavy (non-hydrogen) atoms. The minimum Gasteiger partial charge on any atom is -0.497 e. The summed E-state index contributed by atoms with van der Waals surface area (Å²) in [6.07, 6.45) is -1.05. The van der Waals surface area contributed by atoms with Gasteiger partial charge in [-0.05, 0) is 62.4 Å². The van der Waals surface area contributed by atoms with Crippen LogP contribution in [0.4, 0.5) is 15.3 Å². The van der Waals surface area contributed by atoms with E-state index in [0.29, 0.717) is 61.9 Å². The van der Waals surface area contributed by atoms with Gasteiger partial charge in [-0.15, -0.1) is 0 Å². The van der Waals surface area contributed by atoms with Crippen LogP contribution in [0.3, 0.4) is 0 Å². The fraction of sp³-hybridized carbons (Fsp3) is 0.407. The average Bonchev–Trinajstić information content (AvgIpc) is 3.34. The Bertz CT molecular complexity index is 1160. The molecular formula is C27H33N5O6. The Morgan fingerprint density at radius 3 is 2.29 bits per heavy atom. The number of nitrogens with one attached hydrogen (secondary N) is 2. The first-order valence-corrected chi connectivity index (χ1v) is 12.6. The number of hydrogen-bond acceptors (Lipinski definition) is 8. The Hall–Kier alpha value is -4.12. The van der Waals surface area contributed by atoms with E-state index in [9.17, 15) is 14.4 Å². The normalized spacial score (nSPS) is 18.5. The number of benzene rings is 2. The Kier molecular flexibility index (Phi) is 8.47. The van der Waals surface area contributed by atoms with E-state index in [1.807, 2.05) is 6.92 Å². The summed E-state index contributed by atoms with van der Waals surface area (Å²) in [5, 5.41) is 10.9. The van der Waals surface area contributed by atoms with E-state index in [2.05, 4.69) is 10.2 Å². The van der Waals surface area contributed by atoms with Crippen molar-refractivity contribution in [3.05, 3.63) is 59.7 Å². The summed E-state index contributed by atoms with van der Waals surface area (Å²) in [7, 11) is 1.55. The van der Waals surface area contributed by atoms with Crippen molar-refractivity contribution in [2.75, 3.05) is 51.3 Å². The lowest BCUT2D eigenvalue weighted by atomic mass is 10.1. The molecule has 0 aliphatic carbocycles. The molecule has 11 heteroatoms. The molecule has 202 valence electrons. The van der Waals surface area contributed by atoms with Crippen molar-refractivity contribution in [1.82, 2.24) is 15.1 Å². The van der Waals surface area contributed by atoms with Gasteiger partial charge in [0.2, 0.25) is 0 Å². The molecule has 4 rings (SSSR count). The van der Waals surface area contributed by atoms with Gasteiger partial charge >= 0.3 is 12.2 Å². The van der Waals surface area contributed by atoms with Crippen molar-refractivity contribution in [1.29, 1.82) is 5.41 Å². The molecule has 0 aromatic heterocycles. The number of amides is 3. The van der Waals surface area contributed by atoms with Crippen LogP contribution in [0.5, 0.6) is 5.75 Å². The van der Waals surface area contributed by atoms with E-state index in [4.69, 9.17) is 19.6 Å². The molecule has 2 aliphatic heterocycles. The van der Waals surface area contributed by atoms with Crippen molar-refractivity contribution in [3.63, 3.8) is 0 Å². The van der Waals surface area contributed by atoms with Gasteiger partial charge in [0.15, 0.2) is 0 Å². The minimum absolute atomic E-state index is 0.0195. The zero-order valence-electron chi connectivity index (χ0n) is 21.8. The highest BCUT2D eigenvalue weighted by molar-refractivity contribution is 6.11. The zero-order chi connectivity index (χ0) is 27.2. The number of carbonyl (C=O) groups is 3. The monoisotopic (exact) mass is 523 g/mol. The second kappa shape index (κ2) is 12.0. The number of amidine groups is 1. The molecule has 2 heterocycles. The van der Waals surface area contributed by atoms with E-state index < -0.39 is 12.0 Å². The van der Waals surface area contributed by atoms with Crippen molar-refractivity contribution >= 4 is 29.6 Å². The molecule has 2 aliphatic rings. The predicted octanol–water partition coefficient (Wildman–Crippen LogP) is 2.94. The maximum absolute atomic E-state index is 12.7. The maximum atomic E-state index is 12.7. The maximum Gasteiger partial charge on any atom is 0.414 e. The van der Waals surface area contributed by atoms with Crippen LogP contribution in [-0.2, 0) is 9.47 Å². The van der Waals surface area contributed by atoms with Crippen LogP contribution in [0.25, 0.3) is 0 Å². The van der Waals surface area contributed by atoms with E-state index in [-0.39, 0.29) is 24.1 Å². The SMILES string of the molecule is CCOC(=O)N1CCN(C(C)C2CN(c3ccc(C(=N)NC(=O)c4ccc(OC)cc4)cc3)C(=O)O2)CC1. The van der Waals surface area contributed by atoms with Crippen molar-refractivity contribution in [2.45, 2.75) is 26.0 Å². The van der Waals surface area contributed by atoms with Gasteiger partial charge in [0.05, 0.1) is 20.3 Å². The van der Waals surface area contributed by atoms with Crippen molar-refractivity contribution in [2.24, 2.45) is 0 Å². The molecule has 0 saturated carbocycles. The van der Waals surface area contributed by atoms with E-state index in [1.165, 1.54) is 0 Å². The first-order valence-electron chi connectivity index (χ1n) is 12.6. The minimum atomic E-state index is -0.428. The van der Waals surface area contributed by atoms with Crippen LogP contribution >= 0.6 is 0 Å². The van der Waals surface area contributed by atoms with Gasteiger partial charge < -0.3 is 24.4 Å². The van der Waals surface area contributed by atoms with Crippen LogP contribution < -0.4 is 15.0 Å². The Morgan fingerprint density at radius 1 is 1.05 bits per heavy atom. The zero-order valence-corrected chi connectivity index (χ0v) is 21.8. The van der Waals surface area contributed by atoms with E-state index in [0.717, 1.165) is 0 Å². The fourth-order valence-corrected chi connectivity index (χ4v) is 4.52. The van der Waals surface area contributed by atoms with Crippen LogP contribution in [0.2, 0.25) is 0 Å². The summed E-state index contributed by atoms with van der Waals surface area (Å²) in [6.45, 7) is 7.03. The highest BCUT2D eigenvalue weighted by Gasteiger charge is 2.39. The second-order valence-electron chi connectivity index (χ2n) is 9.10. The number of nitrogens with zero attached hydrogens (tertiary/aromatic N) is 3. The number of piperazine rings is 1. The van der Waals surface area contributed by atoms with E-state index in [1.54, 1.807) is 72.4 Å². The van der Waals surface area contributed by atoms with Crippen LogP contribution in [0, 0.1) is 5.41 Å². The summed E-state index contributed by atoms with van der Waals surface area (Å²) in [5.41, 5.74) is 1.57. The Labute approximate surface area is 221 Å². The first-order chi connectivity index (χ1) is 18.3. The molecule has 2 aromatic rings. The van der Waals surface area contributed by atoms with Gasteiger partial charge in [0.1, 0.15) is 17.7 Å². The lowest BCUT2D eigenvalue weighted by molar-refractivity contribution is 0.0315. The lowest BCUT2D eigenvalue weighted by Crippen LogP contribution is -2.54. The summed E-state index contributed by atoms with van der Waals surface area (Å²) < 4.78 is 15.9. The highest BCUT2D eigenvalue weighted by Crippen LogP contribution is 2.25. The molecule has 2 atom stereocenters. The molecular weight excluding hydrogens is 490 g/mol. The molecule has 0 spiro atoms. The van der Waals surface area contributed by atoms with Gasteiger partial charge in [-0.3, -0.25) is 20.0 Å². The molecule has 0 radical (unpaired) electrons. The number of hydrogen-bond donors (Lipinski definition) is 2. The third-order valence-electron chi connectivity index (χ3n) is 6.85. The summed E-state index contributed by atoms with van der Waals surface area (Å²) in [5.74, 6) is 0.195. The number of anilines is 1. The first kappa shape index (κ1) is 26.9. The largest absolute Gasteiger partial charge is 0.497 e. The fourth-order valence-electron chi connectivity index (χ4n) is 4.52. The Morgan fingerprint density at radius 2 is 1.68 bits per heavy atom. The van der Waals surface area contributed by atoms with Crippen LogP contribution in [-0.4, -0.2) is 92.3 Å². The van der Waals surface area contributed by atoms with Gasteiger partial charge in [0.25, 0.3) is 5.91 Å². The van der Waals surface area contributed by atoms with Gasteiger partial charge in [-0.25, -0.2) is 9.59 Å². The third kappa shape index (κ3) is 6.05. The van der Waals surface area contributed by atoms with E-state index >= 15 is 0 Å². The second-order valence-corrected chi connectivity index (χ2v) is 9.10. The summed E-state index contributed by atoms with van der Waals surface area (Å²) in [4.78, 5) is 42.6. The summed E-state index contributed by atoms with van der Waals surface area (Å²) >= 11 is 0. The van der Waals surface area contributed by atoms with Crippen molar-refractivity contribution in [3.8, 4) is 5.75 Å². The predicted molar refractivity (Wildman–Crippen MR) is 141 cm³/mol. The van der Waals surface area contributed by atoms with Crippen LogP contribution in [0.15, 0.2) is 48.5 Å². The number of ether oxygens (including phenoxy) is 3. The van der Waals surface area contributed by atoms with Crippen LogP contribution in [0.1, 0.15) is 29.8 Å². The number of cyclic esters (lactones) is 1.